The summed E-state index contributed by atoms with van der Waals surface area (Å²) in [5.41, 5.74) is 3.07. The van der Waals surface area contributed by atoms with Crippen molar-refractivity contribution in [1.82, 2.24) is 0 Å². The number of rotatable bonds is 3. The van der Waals surface area contributed by atoms with Crippen LogP contribution >= 0.6 is 15.9 Å². The lowest BCUT2D eigenvalue weighted by atomic mass is 9.99. The molecule has 14 heavy (non-hydrogen) atoms. The standard InChI is InChI=1S/C13H17Br/c1-2-3-6-11-9-10-7-4-5-8-12(10)13(11)14/h4-5,7-8,11,13H,2-3,6,9H2,1H3. The molecule has 0 fully saturated rings. The summed E-state index contributed by atoms with van der Waals surface area (Å²) in [5, 5.41) is 0. The van der Waals surface area contributed by atoms with Gasteiger partial charge in [-0.1, -0.05) is 60.0 Å². The highest BCUT2D eigenvalue weighted by Gasteiger charge is 2.29. The van der Waals surface area contributed by atoms with E-state index in [4.69, 9.17) is 0 Å². The molecule has 0 N–H and O–H groups in total. The number of unbranched alkanes of at least 4 members (excludes halogenated alkanes) is 1. The van der Waals surface area contributed by atoms with Crippen molar-refractivity contribution in [3.63, 3.8) is 0 Å². The fourth-order valence-corrected chi connectivity index (χ4v) is 3.24. The summed E-state index contributed by atoms with van der Waals surface area (Å²) in [4.78, 5) is 0.602. The maximum Gasteiger partial charge on any atom is 0.0429 e. The first kappa shape index (κ1) is 10.2. The lowest BCUT2D eigenvalue weighted by molar-refractivity contribution is 0.486. The zero-order valence-corrected chi connectivity index (χ0v) is 10.3. The maximum absolute atomic E-state index is 3.83. The normalized spacial score (nSPS) is 25.0. The van der Waals surface area contributed by atoms with Crippen LogP contribution in [0.1, 0.15) is 42.1 Å². The Bertz CT molecular complexity index is 306. The Morgan fingerprint density at radius 1 is 1.36 bits per heavy atom. The smallest absolute Gasteiger partial charge is 0.0429 e. The van der Waals surface area contributed by atoms with E-state index in [0.29, 0.717) is 4.83 Å². The zero-order chi connectivity index (χ0) is 9.97. The number of benzene rings is 1. The number of halogens is 1. The molecule has 0 radical (unpaired) electrons. The summed E-state index contributed by atoms with van der Waals surface area (Å²) < 4.78 is 0. The Kier molecular flexibility index (Phi) is 3.27. The third-order valence-electron chi connectivity index (χ3n) is 3.18. The minimum Gasteiger partial charge on any atom is -0.0836 e. The van der Waals surface area contributed by atoms with Gasteiger partial charge in [0.1, 0.15) is 0 Å². The molecule has 1 aromatic carbocycles. The molecule has 0 bridgehead atoms. The first-order valence-electron chi connectivity index (χ1n) is 5.54. The van der Waals surface area contributed by atoms with Gasteiger partial charge < -0.3 is 0 Å². The van der Waals surface area contributed by atoms with Crippen molar-refractivity contribution in [2.75, 3.05) is 0 Å². The zero-order valence-electron chi connectivity index (χ0n) is 8.67. The van der Waals surface area contributed by atoms with Gasteiger partial charge in [0.15, 0.2) is 0 Å². The Balaban J connectivity index is 2.09. The summed E-state index contributed by atoms with van der Waals surface area (Å²) in [5.74, 6) is 0.826. The van der Waals surface area contributed by atoms with Crippen molar-refractivity contribution >= 4 is 15.9 Å². The quantitative estimate of drug-likeness (QED) is 0.696. The van der Waals surface area contributed by atoms with Gasteiger partial charge in [-0.2, -0.15) is 0 Å². The van der Waals surface area contributed by atoms with Crippen LogP contribution in [-0.2, 0) is 6.42 Å². The SMILES string of the molecule is CCCCC1Cc2ccccc2C1Br. The Hall–Kier alpha value is -0.300. The van der Waals surface area contributed by atoms with Gasteiger partial charge in [-0.3, -0.25) is 0 Å². The van der Waals surface area contributed by atoms with Crippen LogP contribution in [0.2, 0.25) is 0 Å². The van der Waals surface area contributed by atoms with Gasteiger partial charge in [0.25, 0.3) is 0 Å². The van der Waals surface area contributed by atoms with Gasteiger partial charge in [0.05, 0.1) is 0 Å². The molecule has 1 aromatic rings. The first-order chi connectivity index (χ1) is 6.83. The molecule has 1 heteroatoms. The molecule has 0 saturated carbocycles. The summed E-state index contributed by atoms with van der Waals surface area (Å²) in [7, 11) is 0. The Morgan fingerprint density at radius 2 is 2.14 bits per heavy atom. The summed E-state index contributed by atoms with van der Waals surface area (Å²) in [6.07, 6.45) is 5.31. The first-order valence-corrected chi connectivity index (χ1v) is 6.46. The fourth-order valence-electron chi connectivity index (χ4n) is 2.34. The van der Waals surface area contributed by atoms with Gasteiger partial charge in [-0.25, -0.2) is 0 Å². The van der Waals surface area contributed by atoms with E-state index in [1.807, 2.05) is 0 Å². The highest BCUT2D eigenvalue weighted by molar-refractivity contribution is 9.09. The number of hydrogen-bond acceptors (Lipinski definition) is 0. The van der Waals surface area contributed by atoms with Crippen LogP contribution < -0.4 is 0 Å². The average Bonchev–Trinajstić information content (AvgIpc) is 2.54. The second-order valence-electron chi connectivity index (χ2n) is 4.21. The molecule has 0 amide bonds. The highest BCUT2D eigenvalue weighted by Crippen LogP contribution is 2.44. The predicted octanol–water partition coefficient (Wildman–Crippen LogP) is 4.49. The predicted molar refractivity (Wildman–Crippen MR) is 64.8 cm³/mol. The number of fused-ring (bicyclic) bond motifs is 1. The van der Waals surface area contributed by atoms with E-state index in [2.05, 4.69) is 47.1 Å². The highest BCUT2D eigenvalue weighted by atomic mass is 79.9. The molecule has 2 rings (SSSR count). The molecular weight excluding hydrogens is 236 g/mol. The van der Waals surface area contributed by atoms with E-state index >= 15 is 0 Å². The molecule has 0 nitrogen and oxygen atoms in total. The second kappa shape index (κ2) is 4.48. The third kappa shape index (κ3) is 1.88. The van der Waals surface area contributed by atoms with Crippen LogP contribution in [-0.4, -0.2) is 0 Å². The fraction of sp³-hybridized carbons (Fsp3) is 0.538. The van der Waals surface area contributed by atoms with Gasteiger partial charge in [-0.15, -0.1) is 0 Å². The maximum atomic E-state index is 3.83. The molecule has 0 saturated heterocycles. The van der Waals surface area contributed by atoms with Gasteiger partial charge in [0, 0.05) is 4.83 Å². The molecule has 1 aliphatic carbocycles. The van der Waals surface area contributed by atoms with E-state index in [1.165, 1.54) is 31.2 Å². The summed E-state index contributed by atoms with van der Waals surface area (Å²) >= 11 is 3.83. The van der Waals surface area contributed by atoms with Crippen molar-refractivity contribution in [2.45, 2.75) is 37.4 Å². The van der Waals surface area contributed by atoms with E-state index < -0.39 is 0 Å². The average molecular weight is 253 g/mol. The van der Waals surface area contributed by atoms with Crippen LogP contribution in [0.5, 0.6) is 0 Å². The summed E-state index contributed by atoms with van der Waals surface area (Å²) in [6.45, 7) is 2.27. The van der Waals surface area contributed by atoms with Gasteiger partial charge in [0.2, 0.25) is 0 Å². The minimum atomic E-state index is 0.602. The third-order valence-corrected chi connectivity index (χ3v) is 4.42. The molecule has 0 aromatic heterocycles. The van der Waals surface area contributed by atoms with Crippen LogP contribution in [0.15, 0.2) is 24.3 Å². The number of alkyl halides is 1. The second-order valence-corrected chi connectivity index (χ2v) is 5.19. The van der Waals surface area contributed by atoms with Gasteiger partial charge in [-0.05, 0) is 29.9 Å². The van der Waals surface area contributed by atoms with Crippen LogP contribution in [0.4, 0.5) is 0 Å². The van der Waals surface area contributed by atoms with E-state index in [9.17, 15) is 0 Å². The summed E-state index contributed by atoms with van der Waals surface area (Å²) in [6, 6.07) is 8.84. The Labute approximate surface area is 94.8 Å². The molecule has 76 valence electrons. The van der Waals surface area contributed by atoms with E-state index in [1.54, 1.807) is 5.56 Å². The van der Waals surface area contributed by atoms with E-state index in [0.717, 1.165) is 5.92 Å². The van der Waals surface area contributed by atoms with Crippen molar-refractivity contribution in [1.29, 1.82) is 0 Å². The largest absolute Gasteiger partial charge is 0.0836 e. The van der Waals surface area contributed by atoms with Crippen molar-refractivity contribution in [2.24, 2.45) is 5.92 Å². The van der Waals surface area contributed by atoms with Gasteiger partial charge >= 0.3 is 0 Å². The Morgan fingerprint density at radius 3 is 2.86 bits per heavy atom. The topological polar surface area (TPSA) is 0 Å². The van der Waals surface area contributed by atoms with Crippen molar-refractivity contribution in [3.8, 4) is 0 Å². The molecule has 1 aliphatic rings. The number of hydrogen-bond donors (Lipinski definition) is 0. The molecule has 2 unspecified atom stereocenters. The molecule has 0 spiro atoms. The molecular formula is C13H17Br. The molecule has 0 aliphatic heterocycles. The van der Waals surface area contributed by atoms with Crippen molar-refractivity contribution < 1.29 is 0 Å². The van der Waals surface area contributed by atoms with Crippen molar-refractivity contribution in [3.05, 3.63) is 35.4 Å². The minimum absolute atomic E-state index is 0.602. The monoisotopic (exact) mass is 252 g/mol. The lowest BCUT2D eigenvalue weighted by Crippen LogP contribution is -2.01. The molecule has 2 atom stereocenters. The van der Waals surface area contributed by atoms with Crippen LogP contribution in [0.3, 0.4) is 0 Å². The van der Waals surface area contributed by atoms with Crippen LogP contribution in [0.25, 0.3) is 0 Å². The van der Waals surface area contributed by atoms with Crippen LogP contribution in [0, 0.1) is 5.92 Å². The van der Waals surface area contributed by atoms with E-state index in [-0.39, 0.29) is 0 Å². The molecule has 0 heterocycles. The lowest BCUT2D eigenvalue weighted by Gasteiger charge is -2.13.